The Bertz CT molecular complexity index is 1120. The van der Waals surface area contributed by atoms with Crippen LogP contribution < -0.4 is 0 Å². The van der Waals surface area contributed by atoms with Gasteiger partial charge in [-0.15, -0.1) is 11.8 Å². The number of hydrogen-bond acceptors (Lipinski definition) is 5. The van der Waals surface area contributed by atoms with Crippen molar-refractivity contribution in [3.8, 4) is 22.4 Å². The van der Waals surface area contributed by atoms with Crippen LogP contribution in [0.15, 0.2) is 47.6 Å². The second-order valence-electron chi connectivity index (χ2n) is 9.20. The van der Waals surface area contributed by atoms with E-state index in [1.165, 1.54) is 0 Å². The standard InChI is InChI=1S/C25H29ClN4O2S/c1-25(2,3)32-24(31)30-13-10-17(11-14-30)23-21(18-9-12-27-20(15-18)33-4)22(28-29-23)16-5-7-19(26)8-6-16/h5-9,12,15,17H,10-11,13-14H2,1-4H3,(H,28,29). The Balaban J connectivity index is 1.65. The highest BCUT2D eigenvalue weighted by Crippen LogP contribution is 2.40. The summed E-state index contributed by atoms with van der Waals surface area (Å²) in [7, 11) is 0. The van der Waals surface area contributed by atoms with Crippen molar-refractivity contribution in [2.24, 2.45) is 0 Å². The van der Waals surface area contributed by atoms with Gasteiger partial charge in [0.2, 0.25) is 0 Å². The highest BCUT2D eigenvalue weighted by Gasteiger charge is 2.30. The maximum absolute atomic E-state index is 12.5. The van der Waals surface area contributed by atoms with Crippen LogP contribution in [0.5, 0.6) is 0 Å². The van der Waals surface area contributed by atoms with E-state index >= 15 is 0 Å². The van der Waals surface area contributed by atoms with Crippen LogP contribution in [0.25, 0.3) is 22.4 Å². The number of halogens is 1. The Labute approximate surface area is 204 Å². The molecule has 6 nitrogen and oxygen atoms in total. The van der Waals surface area contributed by atoms with E-state index in [9.17, 15) is 4.79 Å². The Morgan fingerprint density at radius 1 is 1.15 bits per heavy atom. The largest absolute Gasteiger partial charge is 0.444 e. The van der Waals surface area contributed by atoms with Crippen molar-refractivity contribution >= 4 is 29.5 Å². The third kappa shape index (κ3) is 5.53. The molecule has 1 fully saturated rings. The third-order valence-corrected chi connectivity index (χ3v) is 6.59. The minimum absolute atomic E-state index is 0.244. The van der Waals surface area contributed by atoms with Gasteiger partial charge in [0.25, 0.3) is 0 Å². The molecule has 1 aliphatic heterocycles. The molecular formula is C25H29ClN4O2S. The number of pyridine rings is 1. The van der Waals surface area contributed by atoms with Crippen LogP contribution in [0.2, 0.25) is 5.02 Å². The van der Waals surface area contributed by atoms with Gasteiger partial charge in [0.1, 0.15) is 11.3 Å². The first kappa shape index (κ1) is 23.6. The molecule has 1 amide bonds. The lowest BCUT2D eigenvalue weighted by atomic mass is 9.88. The van der Waals surface area contributed by atoms with Gasteiger partial charge in [0.15, 0.2) is 0 Å². The first-order valence-electron chi connectivity index (χ1n) is 11.1. The van der Waals surface area contributed by atoms with Crippen LogP contribution in [-0.4, -0.2) is 51.1 Å². The maximum Gasteiger partial charge on any atom is 0.410 e. The number of nitrogens with one attached hydrogen (secondary N) is 1. The normalized spacial score (nSPS) is 15.0. The quantitative estimate of drug-likeness (QED) is 0.421. The topological polar surface area (TPSA) is 71.1 Å². The van der Waals surface area contributed by atoms with Crippen LogP contribution in [0, 0.1) is 0 Å². The summed E-state index contributed by atoms with van der Waals surface area (Å²) in [5.41, 5.74) is 4.68. The molecule has 1 saturated heterocycles. The van der Waals surface area contributed by atoms with Crippen molar-refractivity contribution in [2.75, 3.05) is 19.3 Å². The van der Waals surface area contributed by atoms with E-state index in [0.717, 1.165) is 45.9 Å². The van der Waals surface area contributed by atoms with Crippen molar-refractivity contribution in [2.45, 2.75) is 50.2 Å². The zero-order chi connectivity index (χ0) is 23.6. The van der Waals surface area contributed by atoms with Crippen LogP contribution in [0.4, 0.5) is 4.79 Å². The summed E-state index contributed by atoms with van der Waals surface area (Å²) in [5.74, 6) is 0.262. The maximum atomic E-state index is 12.5. The summed E-state index contributed by atoms with van der Waals surface area (Å²) in [6.45, 7) is 6.99. The van der Waals surface area contributed by atoms with Crippen molar-refractivity contribution in [1.82, 2.24) is 20.1 Å². The van der Waals surface area contributed by atoms with E-state index in [0.29, 0.717) is 18.1 Å². The lowest BCUT2D eigenvalue weighted by Gasteiger charge is -2.33. The smallest absolute Gasteiger partial charge is 0.410 e. The van der Waals surface area contributed by atoms with E-state index < -0.39 is 5.60 Å². The van der Waals surface area contributed by atoms with E-state index in [4.69, 9.17) is 21.4 Å². The van der Waals surface area contributed by atoms with Gasteiger partial charge < -0.3 is 9.64 Å². The number of carbonyl (C=O) groups excluding carboxylic acids is 1. The van der Waals surface area contributed by atoms with Crippen LogP contribution in [-0.2, 0) is 4.74 Å². The second kappa shape index (κ2) is 9.77. The molecular weight excluding hydrogens is 456 g/mol. The zero-order valence-electron chi connectivity index (χ0n) is 19.4. The summed E-state index contributed by atoms with van der Waals surface area (Å²) in [4.78, 5) is 18.7. The molecule has 33 heavy (non-hydrogen) atoms. The highest BCUT2D eigenvalue weighted by atomic mass is 35.5. The van der Waals surface area contributed by atoms with E-state index in [2.05, 4.69) is 16.1 Å². The molecule has 3 aromatic rings. The Kier molecular flexibility index (Phi) is 7.00. The number of thioether (sulfide) groups is 1. The van der Waals surface area contributed by atoms with Crippen LogP contribution >= 0.6 is 23.4 Å². The van der Waals surface area contributed by atoms with Gasteiger partial charge in [-0.05, 0) is 69.7 Å². The number of hydrogen-bond donors (Lipinski definition) is 1. The molecule has 8 heteroatoms. The molecule has 0 atom stereocenters. The highest BCUT2D eigenvalue weighted by molar-refractivity contribution is 7.98. The number of ether oxygens (including phenoxy) is 1. The third-order valence-electron chi connectivity index (χ3n) is 5.70. The number of aromatic amines is 1. The summed E-state index contributed by atoms with van der Waals surface area (Å²) in [5, 5.41) is 9.71. The number of H-pyrrole nitrogens is 1. The van der Waals surface area contributed by atoms with Crippen LogP contribution in [0.3, 0.4) is 0 Å². The fourth-order valence-corrected chi connectivity index (χ4v) is 4.65. The van der Waals surface area contributed by atoms with Gasteiger partial charge in [-0.3, -0.25) is 5.10 Å². The molecule has 4 rings (SSSR count). The number of nitrogens with zero attached hydrogens (tertiary/aromatic N) is 3. The lowest BCUT2D eigenvalue weighted by molar-refractivity contribution is 0.0204. The van der Waals surface area contributed by atoms with Gasteiger partial charge in [0.05, 0.1) is 5.03 Å². The fraction of sp³-hybridized carbons (Fsp3) is 0.400. The molecule has 0 unspecified atom stereocenters. The summed E-state index contributed by atoms with van der Waals surface area (Å²) in [6.07, 6.45) is 5.31. The van der Waals surface area contributed by atoms with Gasteiger partial charge >= 0.3 is 6.09 Å². The van der Waals surface area contributed by atoms with E-state index in [1.807, 2.05) is 63.6 Å². The van der Waals surface area contributed by atoms with Crippen molar-refractivity contribution in [3.05, 3.63) is 53.3 Å². The zero-order valence-corrected chi connectivity index (χ0v) is 21.0. The van der Waals surface area contributed by atoms with Gasteiger partial charge in [-0.1, -0.05) is 23.7 Å². The molecule has 0 bridgehead atoms. The molecule has 0 radical (unpaired) electrons. The van der Waals surface area contributed by atoms with Crippen molar-refractivity contribution in [3.63, 3.8) is 0 Å². The molecule has 2 aromatic heterocycles. The number of piperidine rings is 1. The van der Waals surface area contributed by atoms with E-state index in [1.54, 1.807) is 16.7 Å². The number of aromatic nitrogens is 3. The predicted octanol–water partition coefficient (Wildman–Crippen LogP) is 6.63. The fourth-order valence-electron chi connectivity index (χ4n) is 4.11. The number of benzene rings is 1. The minimum Gasteiger partial charge on any atom is -0.444 e. The first-order valence-corrected chi connectivity index (χ1v) is 12.7. The summed E-state index contributed by atoms with van der Waals surface area (Å²) >= 11 is 7.74. The van der Waals surface area contributed by atoms with Crippen LogP contribution in [0.1, 0.15) is 45.2 Å². The molecule has 0 saturated carbocycles. The monoisotopic (exact) mass is 484 g/mol. The minimum atomic E-state index is -0.492. The number of likely N-dealkylation sites (tertiary alicyclic amines) is 1. The van der Waals surface area contributed by atoms with E-state index in [-0.39, 0.29) is 12.0 Å². The summed E-state index contributed by atoms with van der Waals surface area (Å²) in [6, 6.07) is 11.9. The molecule has 0 spiro atoms. The lowest BCUT2D eigenvalue weighted by Crippen LogP contribution is -2.41. The number of rotatable bonds is 4. The average Bonchev–Trinajstić information content (AvgIpc) is 3.24. The molecule has 1 aliphatic rings. The van der Waals surface area contributed by atoms with Crippen molar-refractivity contribution in [1.29, 1.82) is 0 Å². The Morgan fingerprint density at radius 2 is 1.85 bits per heavy atom. The summed E-state index contributed by atoms with van der Waals surface area (Å²) < 4.78 is 5.56. The average molecular weight is 485 g/mol. The number of carbonyl (C=O) groups is 1. The molecule has 3 heterocycles. The van der Waals surface area contributed by atoms with Gasteiger partial charge in [-0.25, -0.2) is 9.78 Å². The number of amides is 1. The first-order chi connectivity index (χ1) is 15.7. The molecule has 1 N–H and O–H groups in total. The Hall–Kier alpha value is -2.51. The second-order valence-corrected chi connectivity index (χ2v) is 10.5. The van der Waals surface area contributed by atoms with Gasteiger partial charge in [0, 0.05) is 47.0 Å². The SMILES string of the molecule is CSc1cc(-c2c(-c3ccc(Cl)cc3)n[nH]c2C2CCN(C(=O)OC(C)(C)C)CC2)ccn1. The van der Waals surface area contributed by atoms with Crippen molar-refractivity contribution < 1.29 is 9.53 Å². The Morgan fingerprint density at radius 3 is 2.48 bits per heavy atom. The molecule has 174 valence electrons. The molecule has 1 aromatic carbocycles. The predicted molar refractivity (Wildman–Crippen MR) is 134 cm³/mol. The molecule has 0 aliphatic carbocycles. The van der Waals surface area contributed by atoms with Gasteiger partial charge in [-0.2, -0.15) is 5.10 Å².